The van der Waals surface area contributed by atoms with Crippen LogP contribution in [0.5, 0.6) is 0 Å². The lowest BCUT2D eigenvalue weighted by atomic mass is 10.2. The summed E-state index contributed by atoms with van der Waals surface area (Å²) in [7, 11) is 1.93. The molecular formula is C19H21ClN8O2. The van der Waals surface area contributed by atoms with Gasteiger partial charge in [-0.05, 0) is 42.1 Å². The van der Waals surface area contributed by atoms with Crippen molar-refractivity contribution in [2.75, 3.05) is 12.3 Å². The minimum Gasteiger partial charge on any atom is -0.450 e. The Bertz CT molecular complexity index is 1200. The molecule has 1 amide bonds. The molecule has 0 saturated heterocycles. The molecule has 10 nitrogen and oxygen atoms in total. The van der Waals surface area contributed by atoms with Crippen molar-refractivity contribution in [3.63, 3.8) is 0 Å². The summed E-state index contributed by atoms with van der Waals surface area (Å²) in [5.74, 6) is 0.256. The van der Waals surface area contributed by atoms with Gasteiger partial charge < -0.3 is 24.9 Å². The molecule has 0 aliphatic rings. The van der Waals surface area contributed by atoms with Gasteiger partial charge in [-0.25, -0.2) is 14.8 Å². The number of nitrogens with two attached hydrogens (primary N) is 1. The summed E-state index contributed by atoms with van der Waals surface area (Å²) in [6, 6.07) is 5.87. The van der Waals surface area contributed by atoms with Gasteiger partial charge in [0.25, 0.3) is 0 Å². The summed E-state index contributed by atoms with van der Waals surface area (Å²) < 4.78 is 9.04. The minimum absolute atomic E-state index is 0.0873. The van der Waals surface area contributed by atoms with Crippen LogP contribution in [0.3, 0.4) is 0 Å². The zero-order valence-corrected chi connectivity index (χ0v) is 17.1. The third kappa shape index (κ3) is 4.28. The van der Waals surface area contributed by atoms with E-state index in [2.05, 4.69) is 25.3 Å². The highest BCUT2D eigenvalue weighted by molar-refractivity contribution is 6.28. The Morgan fingerprint density at radius 2 is 2.10 bits per heavy atom. The number of ether oxygens (including phenoxy) is 1. The number of aryl methyl sites for hydroxylation is 2. The van der Waals surface area contributed by atoms with Gasteiger partial charge in [-0.1, -0.05) is 6.07 Å². The molecule has 156 valence electrons. The number of halogens is 1. The molecule has 1 aromatic carbocycles. The van der Waals surface area contributed by atoms with E-state index in [1.54, 1.807) is 12.7 Å². The largest absolute Gasteiger partial charge is 0.450 e. The summed E-state index contributed by atoms with van der Waals surface area (Å²) >= 11 is 5.86. The third-order valence-electron chi connectivity index (χ3n) is 4.72. The number of amides is 1. The second kappa shape index (κ2) is 8.54. The number of aromatic nitrogens is 6. The van der Waals surface area contributed by atoms with Crippen molar-refractivity contribution in [2.24, 2.45) is 7.05 Å². The van der Waals surface area contributed by atoms with E-state index in [-0.39, 0.29) is 11.1 Å². The van der Waals surface area contributed by atoms with E-state index in [0.29, 0.717) is 37.3 Å². The zero-order valence-electron chi connectivity index (χ0n) is 16.4. The number of nitrogens with zero attached hydrogens (tertiary/aromatic N) is 6. The first-order valence-corrected chi connectivity index (χ1v) is 9.83. The SMILES string of the molecule is Cn1cnc2ccc(CNC(=O)OCCCCn3cnc4c(N)nc(Cl)nc43)cc21. The molecule has 0 atom stereocenters. The Labute approximate surface area is 177 Å². The second-order valence-corrected chi connectivity index (χ2v) is 7.20. The quantitative estimate of drug-likeness (QED) is 0.342. The Hall–Kier alpha value is -3.40. The fraction of sp³-hybridized carbons (Fsp3) is 0.316. The van der Waals surface area contributed by atoms with Crippen LogP contribution in [-0.4, -0.2) is 41.8 Å². The summed E-state index contributed by atoms with van der Waals surface area (Å²) in [6.45, 7) is 1.36. The smallest absolute Gasteiger partial charge is 0.407 e. The molecule has 0 unspecified atom stereocenters. The van der Waals surface area contributed by atoms with Gasteiger partial charge in [-0.3, -0.25) is 0 Å². The predicted molar refractivity (Wildman–Crippen MR) is 113 cm³/mol. The molecule has 3 aromatic heterocycles. The minimum atomic E-state index is -0.444. The molecule has 0 bridgehead atoms. The first-order chi connectivity index (χ1) is 14.5. The van der Waals surface area contributed by atoms with Gasteiger partial charge in [0.05, 0.1) is 30.3 Å². The average molecular weight is 429 g/mol. The van der Waals surface area contributed by atoms with Crippen LogP contribution in [0, 0.1) is 0 Å². The molecule has 4 aromatic rings. The predicted octanol–water partition coefficient (Wildman–Crippen LogP) is 2.66. The summed E-state index contributed by atoms with van der Waals surface area (Å²) in [4.78, 5) is 28.5. The van der Waals surface area contributed by atoms with E-state index in [1.165, 1.54) is 0 Å². The monoisotopic (exact) mass is 428 g/mol. The maximum atomic E-state index is 11.9. The number of carbonyl (C=O) groups excluding carboxylic acids is 1. The normalized spacial score (nSPS) is 11.3. The van der Waals surface area contributed by atoms with Crippen LogP contribution in [0.15, 0.2) is 30.9 Å². The van der Waals surface area contributed by atoms with Crippen LogP contribution < -0.4 is 11.1 Å². The summed E-state index contributed by atoms with van der Waals surface area (Å²) in [5.41, 5.74) is 9.84. The van der Waals surface area contributed by atoms with Crippen molar-refractivity contribution in [3.8, 4) is 0 Å². The molecular weight excluding hydrogens is 408 g/mol. The Morgan fingerprint density at radius 1 is 1.23 bits per heavy atom. The number of unbranched alkanes of at least 4 members (excludes halogenated alkanes) is 1. The maximum Gasteiger partial charge on any atom is 0.407 e. The van der Waals surface area contributed by atoms with Crippen molar-refractivity contribution < 1.29 is 9.53 Å². The van der Waals surface area contributed by atoms with Gasteiger partial charge in [0.15, 0.2) is 11.5 Å². The maximum absolute atomic E-state index is 11.9. The molecule has 0 spiro atoms. The first-order valence-electron chi connectivity index (χ1n) is 9.45. The van der Waals surface area contributed by atoms with E-state index < -0.39 is 6.09 Å². The van der Waals surface area contributed by atoms with Crippen LogP contribution in [0.2, 0.25) is 5.28 Å². The fourth-order valence-corrected chi connectivity index (χ4v) is 3.33. The van der Waals surface area contributed by atoms with E-state index in [1.807, 2.05) is 34.4 Å². The van der Waals surface area contributed by atoms with E-state index in [4.69, 9.17) is 22.1 Å². The Kier molecular flexibility index (Phi) is 5.66. The molecule has 11 heteroatoms. The number of nitrogens with one attached hydrogen (secondary N) is 1. The number of fused-ring (bicyclic) bond motifs is 2. The first kappa shape index (κ1) is 19.9. The van der Waals surface area contributed by atoms with E-state index in [9.17, 15) is 4.79 Å². The molecule has 0 fully saturated rings. The number of anilines is 1. The highest BCUT2D eigenvalue weighted by atomic mass is 35.5. The average Bonchev–Trinajstić information content (AvgIpc) is 3.30. The molecule has 3 N–H and O–H groups in total. The molecule has 30 heavy (non-hydrogen) atoms. The van der Waals surface area contributed by atoms with Gasteiger partial charge in [-0.2, -0.15) is 9.97 Å². The van der Waals surface area contributed by atoms with E-state index >= 15 is 0 Å². The second-order valence-electron chi connectivity index (χ2n) is 6.86. The number of benzene rings is 1. The lowest BCUT2D eigenvalue weighted by molar-refractivity contribution is 0.143. The topological polar surface area (TPSA) is 126 Å². The number of hydrogen-bond donors (Lipinski definition) is 2. The highest BCUT2D eigenvalue weighted by Crippen LogP contribution is 2.18. The molecule has 0 aliphatic heterocycles. The van der Waals surface area contributed by atoms with Gasteiger partial charge in [0.1, 0.15) is 5.52 Å². The summed E-state index contributed by atoms with van der Waals surface area (Å²) in [5, 5.41) is 2.85. The lowest BCUT2D eigenvalue weighted by Gasteiger charge is -2.08. The number of hydrogen-bond acceptors (Lipinski definition) is 7. The van der Waals surface area contributed by atoms with Crippen LogP contribution in [0.4, 0.5) is 10.6 Å². The Morgan fingerprint density at radius 3 is 2.97 bits per heavy atom. The number of imidazole rings is 2. The molecule has 0 radical (unpaired) electrons. The van der Waals surface area contributed by atoms with Crippen molar-refractivity contribution in [3.05, 3.63) is 41.7 Å². The van der Waals surface area contributed by atoms with Crippen LogP contribution in [0.25, 0.3) is 22.2 Å². The number of rotatable bonds is 7. The third-order valence-corrected chi connectivity index (χ3v) is 4.89. The van der Waals surface area contributed by atoms with Crippen LogP contribution in [0.1, 0.15) is 18.4 Å². The number of carbonyl (C=O) groups is 1. The van der Waals surface area contributed by atoms with Gasteiger partial charge in [0, 0.05) is 20.1 Å². The van der Waals surface area contributed by atoms with Crippen LogP contribution >= 0.6 is 11.6 Å². The Balaban J connectivity index is 1.20. The fourth-order valence-electron chi connectivity index (χ4n) is 3.16. The molecule has 0 aliphatic carbocycles. The number of nitrogen functional groups attached to an aromatic ring is 1. The lowest BCUT2D eigenvalue weighted by Crippen LogP contribution is -2.24. The van der Waals surface area contributed by atoms with Gasteiger partial charge in [0.2, 0.25) is 5.28 Å². The van der Waals surface area contributed by atoms with Crippen LogP contribution in [-0.2, 0) is 24.9 Å². The molecule has 3 heterocycles. The van der Waals surface area contributed by atoms with Crippen molar-refractivity contribution in [1.82, 2.24) is 34.4 Å². The molecule has 0 saturated carbocycles. The van der Waals surface area contributed by atoms with Crippen molar-refractivity contribution in [2.45, 2.75) is 25.9 Å². The van der Waals surface area contributed by atoms with Crippen molar-refractivity contribution >= 4 is 45.7 Å². The van der Waals surface area contributed by atoms with Crippen molar-refractivity contribution in [1.29, 1.82) is 0 Å². The zero-order chi connectivity index (χ0) is 21.1. The highest BCUT2D eigenvalue weighted by Gasteiger charge is 2.10. The molecule has 4 rings (SSSR count). The summed E-state index contributed by atoms with van der Waals surface area (Å²) in [6.07, 6.45) is 4.44. The van der Waals surface area contributed by atoms with Gasteiger partial charge >= 0.3 is 6.09 Å². The van der Waals surface area contributed by atoms with Gasteiger partial charge in [-0.15, -0.1) is 0 Å². The van der Waals surface area contributed by atoms with E-state index in [0.717, 1.165) is 23.0 Å². The standard InChI is InChI=1S/C19H21ClN8O2/c1-27-10-23-13-5-4-12(8-14(13)27)9-22-19(29)30-7-3-2-6-28-11-24-15-16(21)25-18(20)26-17(15)28/h4-5,8,10-11H,2-3,6-7,9H2,1H3,(H,22,29)(H2,21,25,26). The number of alkyl carbamates (subject to hydrolysis) is 1.